The molecule has 1 aromatic rings. The maximum Gasteiger partial charge on any atom is 0.338 e. The third-order valence-electron chi connectivity index (χ3n) is 1.55. The van der Waals surface area contributed by atoms with Gasteiger partial charge in [0.15, 0.2) is 5.82 Å². The van der Waals surface area contributed by atoms with Crippen molar-refractivity contribution in [2.24, 2.45) is 4.99 Å². The van der Waals surface area contributed by atoms with Crippen LogP contribution in [0, 0.1) is 0 Å². The minimum atomic E-state index is -0.500. The maximum absolute atomic E-state index is 11.4. The summed E-state index contributed by atoms with van der Waals surface area (Å²) >= 11 is 5.70. The van der Waals surface area contributed by atoms with Crippen molar-refractivity contribution in [3.8, 4) is 0 Å². The lowest BCUT2D eigenvalue weighted by molar-refractivity contribution is 0.0526. The quantitative estimate of drug-likeness (QED) is 0.276. The smallest absolute Gasteiger partial charge is 0.338 e. The van der Waals surface area contributed by atoms with Crippen LogP contribution in [0.1, 0.15) is 17.3 Å². The van der Waals surface area contributed by atoms with Crippen molar-refractivity contribution in [1.82, 2.24) is 10.5 Å². The third kappa shape index (κ3) is 3.48. The zero-order chi connectivity index (χ0) is 12.0. The van der Waals surface area contributed by atoms with Crippen LogP contribution < -0.4 is 5.48 Å². The summed E-state index contributed by atoms with van der Waals surface area (Å²) in [6, 6.07) is 2.78. The Morgan fingerprint density at radius 2 is 2.50 bits per heavy atom. The second-order valence-electron chi connectivity index (χ2n) is 2.64. The monoisotopic (exact) mass is 243 g/mol. The Hall–Kier alpha value is -1.66. The Balaban J connectivity index is 2.98. The van der Waals surface area contributed by atoms with Crippen molar-refractivity contribution >= 4 is 29.7 Å². The summed E-state index contributed by atoms with van der Waals surface area (Å²) in [5.41, 5.74) is 1.97. The van der Waals surface area contributed by atoms with Gasteiger partial charge in [-0.2, -0.15) is 0 Å². The molecule has 0 amide bonds. The molecule has 0 saturated carbocycles. The minimum Gasteiger partial charge on any atom is -0.462 e. The lowest BCUT2D eigenvalue weighted by Crippen LogP contribution is -2.05. The maximum atomic E-state index is 11.4. The van der Waals surface area contributed by atoms with Crippen LogP contribution in [0.5, 0.6) is 0 Å². The van der Waals surface area contributed by atoms with Gasteiger partial charge in [0.2, 0.25) is 0 Å². The van der Waals surface area contributed by atoms with Crippen LogP contribution in [-0.4, -0.2) is 29.1 Å². The first-order chi connectivity index (χ1) is 7.67. The molecule has 1 aromatic heterocycles. The molecule has 1 rings (SSSR count). The van der Waals surface area contributed by atoms with Crippen LogP contribution in [0.3, 0.4) is 0 Å². The normalized spacial score (nSPS) is 10.4. The summed E-state index contributed by atoms with van der Waals surface area (Å²) in [4.78, 5) is 18.9. The average Bonchev–Trinajstić information content (AvgIpc) is 2.26. The number of aliphatic imine (C=N–C) groups is 1. The van der Waals surface area contributed by atoms with Crippen LogP contribution in [-0.2, 0) is 4.74 Å². The SMILES string of the molecule is CCOC(=O)c1cc(Cl)nc(N=CNO)c1. The zero-order valence-electron chi connectivity index (χ0n) is 8.48. The fourth-order valence-electron chi connectivity index (χ4n) is 0.976. The number of pyridine rings is 1. The number of halogens is 1. The topological polar surface area (TPSA) is 83.8 Å². The minimum absolute atomic E-state index is 0.121. The number of hydroxylamine groups is 1. The summed E-state index contributed by atoms with van der Waals surface area (Å²) in [5.74, 6) is -0.308. The Kier molecular flexibility index (Phi) is 4.68. The van der Waals surface area contributed by atoms with Crippen molar-refractivity contribution in [2.75, 3.05) is 6.61 Å². The van der Waals surface area contributed by atoms with Crippen LogP contribution >= 0.6 is 11.6 Å². The van der Waals surface area contributed by atoms with E-state index in [1.54, 1.807) is 12.4 Å². The van der Waals surface area contributed by atoms with E-state index < -0.39 is 5.97 Å². The van der Waals surface area contributed by atoms with Gasteiger partial charge >= 0.3 is 5.97 Å². The first-order valence-electron chi connectivity index (χ1n) is 4.44. The molecule has 0 atom stereocenters. The number of aromatic nitrogens is 1. The lowest BCUT2D eigenvalue weighted by atomic mass is 10.2. The number of rotatable bonds is 4. The van der Waals surface area contributed by atoms with E-state index in [-0.39, 0.29) is 23.1 Å². The summed E-state index contributed by atoms with van der Waals surface area (Å²) < 4.78 is 4.80. The van der Waals surface area contributed by atoms with E-state index in [1.807, 2.05) is 0 Å². The van der Waals surface area contributed by atoms with Crippen LogP contribution in [0.4, 0.5) is 5.82 Å². The Morgan fingerprint density at radius 3 is 3.12 bits per heavy atom. The molecule has 6 nitrogen and oxygen atoms in total. The molecule has 0 aromatic carbocycles. The van der Waals surface area contributed by atoms with Gasteiger partial charge in [0.05, 0.1) is 12.2 Å². The second kappa shape index (κ2) is 6.04. The van der Waals surface area contributed by atoms with Crippen molar-refractivity contribution in [3.05, 3.63) is 22.8 Å². The van der Waals surface area contributed by atoms with E-state index in [0.29, 0.717) is 0 Å². The van der Waals surface area contributed by atoms with Gasteiger partial charge in [0, 0.05) is 0 Å². The number of carbonyl (C=O) groups excluding carboxylic acids is 1. The molecule has 16 heavy (non-hydrogen) atoms. The van der Waals surface area contributed by atoms with Gasteiger partial charge in [-0.05, 0) is 19.1 Å². The highest BCUT2D eigenvalue weighted by atomic mass is 35.5. The molecular weight excluding hydrogens is 234 g/mol. The van der Waals surface area contributed by atoms with Crippen molar-refractivity contribution in [2.45, 2.75) is 6.92 Å². The Labute approximate surface area is 96.9 Å². The molecule has 2 N–H and O–H groups in total. The zero-order valence-corrected chi connectivity index (χ0v) is 9.23. The summed E-state index contributed by atoms with van der Waals surface area (Å²) in [5, 5.41) is 8.43. The van der Waals surface area contributed by atoms with Gasteiger partial charge in [0.1, 0.15) is 11.5 Å². The van der Waals surface area contributed by atoms with E-state index in [9.17, 15) is 4.79 Å². The predicted molar refractivity (Wildman–Crippen MR) is 58.3 cm³/mol. The van der Waals surface area contributed by atoms with E-state index in [2.05, 4.69) is 9.98 Å². The van der Waals surface area contributed by atoms with Gasteiger partial charge in [-0.3, -0.25) is 10.7 Å². The van der Waals surface area contributed by atoms with Crippen molar-refractivity contribution < 1.29 is 14.7 Å². The molecule has 1 heterocycles. The van der Waals surface area contributed by atoms with Gasteiger partial charge in [-0.15, -0.1) is 0 Å². The standard InChI is InChI=1S/C9H10ClN3O3/c1-2-16-9(14)6-3-7(10)13-8(4-6)11-5-12-15/h3-5,15H,2H2,1H3,(H,11,12,13). The molecule has 0 saturated heterocycles. The van der Waals surface area contributed by atoms with Gasteiger partial charge < -0.3 is 4.74 Å². The van der Waals surface area contributed by atoms with E-state index in [0.717, 1.165) is 6.34 Å². The fraction of sp³-hybridized carbons (Fsp3) is 0.222. The Bertz CT molecular complexity index is 409. The molecule has 0 unspecified atom stereocenters. The van der Waals surface area contributed by atoms with Gasteiger partial charge in [0.25, 0.3) is 0 Å². The highest BCUT2D eigenvalue weighted by molar-refractivity contribution is 6.29. The summed E-state index contributed by atoms with van der Waals surface area (Å²) in [6.07, 6.45) is 1.01. The van der Waals surface area contributed by atoms with Gasteiger partial charge in [-0.25, -0.2) is 14.8 Å². The molecule has 7 heteroatoms. The number of hydrogen-bond acceptors (Lipinski definition) is 5. The molecular formula is C9H10ClN3O3. The molecule has 0 aliphatic heterocycles. The highest BCUT2D eigenvalue weighted by Gasteiger charge is 2.09. The number of nitrogens with one attached hydrogen (secondary N) is 1. The first kappa shape index (κ1) is 12.4. The summed E-state index contributed by atoms with van der Waals surface area (Å²) in [6.45, 7) is 1.98. The van der Waals surface area contributed by atoms with E-state index in [4.69, 9.17) is 21.5 Å². The fourth-order valence-corrected chi connectivity index (χ4v) is 1.18. The van der Waals surface area contributed by atoms with E-state index >= 15 is 0 Å². The molecule has 0 radical (unpaired) electrons. The molecule has 0 spiro atoms. The van der Waals surface area contributed by atoms with Gasteiger partial charge in [-0.1, -0.05) is 11.6 Å². The number of nitrogens with zero attached hydrogens (tertiary/aromatic N) is 2. The largest absolute Gasteiger partial charge is 0.462 e. The molecule has 0 aliphatic carbocycles. The highest BCUT2D eigenvalue weighted by Crippen LogP contribution is 2.17. The number of hydrogen-bond donors (Lipinski definition) is 2. The molecule has 0 fully saturated rings. The number of ether oxygens (including phenoxy) is 1. The molecule has 0 aliphatic rings. The Morgan fingerprint density at radius 1 is 1.75 bits per heavy atom. The van der Waals surface area contributed by atoms with Crippen LogP contribution in [0.25, 0.3) is 0 Å². The first-order valence-corrected chi connectivity index (χ1v) is 4.82. The third-order valence-corrected chi connectivity index (χ3v) is 1.74. The van der Waals surface area contributed by atoms with Crippen molar-refractivity contribution in [1.29, 1.82) is 0 Å². The second-order valence-corrected chi connectivity index (χ2v) is 3.03. The molecule has 0 bridgehead atoms. The summed E-state index contributed by atoms with van der Waals surface area (Å²) in [7, 11) is 0. The predicted octanol–water partition coefficient (Wildman–Crippen LogP) is 1.55. The van der Waals surface area contributed by atoms with Crippen LogP contribution in [0.15, 0.2) is 17.1 Å². The number of esters is 1. The van der Waals surface area contributed by atoms with Crippen molar-refractivity contribution in [3.63, 3.8) is 0 Å². The van der Waals surface area contributed by atoms with E-state index in [1.165, 1.54) is 12.1 Å². The lowest BCUT2D eigenvalue weighted by Gasteiger charge is -2.02. The van der Waals surface area contributed by atoms with Crippen LogP contribution in [0.2, 0.25) is 5.15 Å². The molecule has 86 valence electrons. The average molecular weight is 244 g/mol. The number of carbonyl (C=O) groups is 1.